The van der Waals surface area contributed by atoms with Gasteiger partial charge in [0.25, 0.3) is 0 Å². The van der Waals surface area contributed by atoms with Crippen molar-refractivity contribution in [1.29, 1.82) is 0 Å². The van der Waals surface area contributed by atoms with Crippen LogP contribution in [-0.4, -0.2) is 26.4 Å². The summed E-state index contributed by atoms with van der Waals surface area (Å²) in [6.45, 7) is 7.77. The first-order valence-electron chi connectivity index (χ1n) is 11.4. The molecule has 0 aliphatic rings. The van der Waals surface area contributed by atoms with Crippen LogP contribution in [0.25, 0.3) is 23.2 Å². The van der Waals surface area contributed by atoms with Crippen molar-refractivity contribution in [2.45, 2.75) is 53.0 Å². The van der Waals surface area contributed by atoms with E-state index in [-0.39, 0.29) is 0 Å². The lowest BCUT2D eigenvalue weighted by Crippen LogP contribution is -2.35. The molecule has 2 heterocycles. The highest BCUT2D eigenvalue weighted by Gasteiger charge is 2.20. The van der Waals surface area contributed by atoms with Gasteiger partial charge in [-0.15, -0.1) is 0 Å². The minimum Gasteiger partial charge on any atom is -0.363 e. The Kier molecular flexibility index (Phi) is 9.41. The molecule has 33 heavy (non-hydrogen) atoms. The van der Waals surface area contributed by atoms with E-state index in [0.29, 0.717) is 21.7 Å². The van der Waals surface area contributed by atoms with Gasteiger partial charge in [0.15, 0.2) is 5.11 Å². The van der Waals surface area contributed by atoms with Crippen molar-refractivity contribution in [3.8, 4) is 17.1 Å². The van der Waals surface area contributed by atoms with Gasteiger partial charge in [-0.3, -0.25) is 0 Å². The van der Waals surface area contributed by atoms with Gasteiger partial charge in [0.1, 0.15) is 0 Å². The number of H-pyrrole nitrogens is 1. The summed E-state index contributed by atoms with van der Waals surface area (Å²) in [5.74, 6) is 0. The molecule has 3 N–H and O–H groups in total. The minimum atomic E-state index is 0.513. The molecule has 0 fully saturated rings. The van der Waals surface area contributed by atoms with E-state index < -0.39 is 0 Å². The molecule has 0 aliphatic heterocycles. The van der Waals surface area contributed by atoms with Gasteiger partial charge >= 0.3 is 0 Å². The van der Waals surface area contributed by atoms with Crippen molar-refractivity contribution in [2.24, 2.45) is 0 Å². The Labute approximate surface area is 211 Å². The third kappa shape index (κ3) is 6.62. The first-order chi connectivity index (χ1) is 15.9. The Morgan fingerprint density at radius 1 is 1.15 bits per heavy atom. The third-order valence-electron chi connectivity index (χ3n) is 5.31. The van der Waals surface area contributed by atoms with E-state index >= 15 is 0 Å². The fraction of sp³-hybridized carbons (Fsp3) is 0.360. The number of allylic oxidation sites excluding steroid dienone is 1. The number of nitrogens with one attached hydrogen (secondary N) is 3. The topological polar surface area (TPSA) is 57.7 Å². The van der Waals surface area contributed by atoms with Gasteiger partial charge in [-0.2, -0.15) is 5.10 Å². The summed E-state index contributed by atoms with van der Waals surface area (Å²) in [4.78, 5) is 3.51. The van der Waals surface area contributed by atoms with Crippen LogP contribution in [0.1, 0.15) is 56.5 Å². The Hall–Kier alpha value is -2.28. The molecule has 0 unspecified atom stereocenters. The Morgan fingerprint density at radius 2 is 1.97 bits per heavy atom. The molecule has 0 aliphatic carbocycles. The van der Waals surface area contributed by atoms with Crippen LogP contribution in [0.3, 0.4) is 0 Å². The van der Waals surface area contributed by atoms with Gasteiger partial charge in [-0.1, -0.05) is 56.0 Å². The number of hydrogen-bond acceptors (Lipinski definition) is 2. The zero-order chi connectivity index (χ0) is 23.8. The molecule has 5 nitrogen and oxygen atoms in total. The zero-order valence-electron chi connectivity index (χ0n) is 19.3. The van der Waals surface area contributed by atoms with Crippen LogP contribution in [0.4, 0.5) is 0 Å². The van der Waals surface area contributed by atoms with E-state index in [1.165, 1.54) is 0 Å². The summed E-state index contributed by atoms with van der Waals surface area (Å²) in [7, 11) is 0. The quantitative estimate of drug-likeness (QED) is 0.204. The zero-order valence-corrected chi connectivity index (χ0v) is 21.7. The molecule has 2 aromatic heterocycles. The van der Waals surface area contributed by atoms with E-state index in [4.69, 9.17) is 40.5 Å². The summed E-state index contributed by atoms with van der Waals surface area (Å²) in [6.07, 6.45) is 8.66. The van der Waals surface area contributed by atoms with Crippen molar-refractivity contribution in [1.82, 2.24) is 25.4 Å². The molecule has 3 rings (SSSR count). The molecule has 176 valence electrons. The Morgan fingerprint density at radius 3 is 2.70 bits per heavy atom. The standard InChI is InChI=1S/C25H31Cl2N5S/c1-4-6-8-9-19-11-12-21(30-19)24-17(3)22(16-29-25(33)28-14-7-5-2)31-32(24)23-13-10-18(26)15-20(23)27/h8-13,15,30H,4-7,14,16H2,1-3H3,(H2,28,29,33)/b9-8+. The van der Waals surface area contributed by atoms with Gasteiger partial charge in [0, 0.05) is 22.8 Å². The second kappa shape index (κ2) is 12.3. The number of rotatable bonds is 10. The second-order valence-corrected chi connectivity index (χ2v) is 9.16. The smallest absolute Gasteiger partial charge is 0.166 e. The Bertz CT molecular complexity index is 1120. The van der Waals surface area contributed by atoms with E-state index in [1.54, 1.807) is 6.07 Å². The van der Waals surface area contributed by atoms with E-state index in [9.17, 15) is 0 Å². The lowest BCUT2D eigenvalue weighted by molar-refractivity contribution is 0.731. The molecule has 1 aromatic carbocycles. The third-order valence-corrected chi connectivity index (χ3v) is 6.13. The van der Waals surface area contributed by atoms with Crippen molar-refractivity contribution in [2.75, 3.05) is 6.54 Å². The molecular formula is C25H31Cl2N5S. The van der Waals surface area contributed by atoms with Gasteiger partial charge in [-0.25, -0.2) is 4.68 Å². The monoisotopic (exact) mass is 503 g/mol. The number of hydrogen-bond donors (Lipinski definition) is 3. The van der Waals surface area contributed by atoms with Crippen LogP contribution in [0, 0.1) is 6.92 Å². The van der Waals surface area contributed by atoms with Crippen LogP contribution in [-0.2, 0) is 6.54 Å². The van der Waals surface area contributed by atoms with E-state index in [0.717, 1.165) is 66.3 Å². The highest BCUT2D eigenvalue weighted by molar-refractivity contribution is 7.80. The SMILES string of the molecule is CCC/C=C/c1ccc(-c2c(C)c(CNC(=S)NCCCC)nn2-c2ccc(Cl)cc2Cl)[nH]1. The number of halogens is 2. The highest BCUT2D eigenvalue weighted by Crippen LogP contribution is 2.32. The number of thiocarbonyl (C=S) groups is 1. The molecule has 0 atom stereocenters. The predicted molar refractivity (Wildman–Crippen MR) is 144 cm³/mol. The molecule has 0 spiro atoms. The molecular weight excluding hydrogens is 473 g/mol. The van der Waals surface area contributed by atoms with Crippen LogP contribution in [0.5, 0.6) is 0 Å². The van der Waals surface area contributed by atoms with Gasteiger partial charge in [-0.05, 0) is 68.4 Å². The van der Waals surface area contributed by atoms with Crippen LogP contribution in [0.15, 0.2) is 36.4 Å². The van der Waals surface area contributed by atoms with Crippen molar-refractivity contribution < 1.29 is 0 Å². The molecule has 0 saturated carbocycles. The van der Waals surface area contributed by atoms with Crippen molar-refractivity contribution in [3.05, 3.63) is 63.4 Å². The van der Waals surface area contributed by atoms with E-state index in [1.807, 2.05) is 16.8 Å². The molecule has 0 bridgehead atoms. The predicted octanol–water partition coefficient (Wildman–Crippen LogP) is 7.06. The van der Waals surface area contributed by atoms with Crippen LogP contribution >= 0.6 is 35.4 Å². The summed E-state index contributed by atoms with van der Waals surface area (Å²) < 4.78 is 1.88. The summed E-state index contributed by atoms with van der Waals surface area (Å²) >= 11 is 18.1. The maximum absolute atomic E-state index is 6.56. The fourth-order valence-electron chi connectivity index (χ4n) is 3.48. The summed E-state index contributed by atoms with van der Waals surface area (Å²) in [6, 6.07) is 9.59. The lowest BCUT2D eigenvalue weighted by atomic mass is 10.1. The van der Waals surface area contributed by atoms with E-state index in [2.05, 4.69) is 60.7 Å². The number of unbranched alkanes of at least 4 members (excludes halogenated alkanes) is 2. The van der Waals surface area contributed by atoms with Crippen LogP contribution in [0.2, 0.25) is 10.0 Å². The van der Waals surface area contributed by atoms with Gasteiger partial charge in [0.05, 0.1) is 34.3 Å². The molecule has 3 aromatic rings. The average molecular weight is 505 g/mol. The molecule has 0 saturated heterocycles. The maximum Gasteiger partial charge on any atom is 0.166 e. The first kappa shape index (κ1) is 25.3. The Balaban J connectivity index is 1.95. The first-order valence-corrected chi connectivity index (χ1v) is 12.5. The van der Waals surface area contributed by atoms with Gasteiger partial charge < -0.3 is 15.6 Å². The number of aromatic nitrogens is 3. The maximum atomic E-state index is 6.56. The number of aromatic amines is 1. The summed E-state index contributed by atoms with van der Waals surface area (Å²) in [5, 5.41) is 13.2. The highest BCUT2D eigenvalue weighted by atomic mass is 35.5. The molecule has 8 heteroatoms. The van der Waals surface area contributed by atoms with Crippen molar-refractivity contribution >= 4 is 46.6 Å². The average Bonchev–Trinajstić information content (AvgIpc) is 3.37. The minimum absolute atomic E-state index is 0.513. The second-order valence-electron chi connectivity index (χ2n) is 7.91. The largest absolute Gasteiger partial charge is 0.363 e. The lowest BCUT2D eigenvalue weighted by Gasteiger charge is -2.09. The fourth-order valence-corrected chi connectivity index (χ4v) is 4.14. The summed E-state index contributed by atoms with van der Waals surface area (Å²) in [5.41, 5.74) is 5.69. The van der Waals surface area contributed by atoms with Gasteiger partial charge in [0.2, 0.25) is 0 Å². The molecule has 0 radical (unpaired) electrons. The van der Waals surface area contributed by atoms with Crippen molar-refractivity contribution in [3.63, 3.8) is 0 Å². The number of benzene rings is 1. The normalized spacial score (nSPS) is 11.3. The number of nitrogens with zero attached hydrogens (tertiary/aromatic N) is 2. The molecule has 0 amide bonds. The van der Waals surface area contributed by atoms with Crippen LogP contribution < -0.4 is 10.6 Å².